The molecule has 4 heteroatoms. The van der Waals surface area contributed by atoms with Gasteiger partial charge in [-0.15, -0.1) is 0 Å². The largest absolute Gasteiger partial charge is 0.461 e. The van der Waals surface area contributed by atoms with Crippen LogP contribution in [-0.2, 0) is 9.53 Å². The third kappa shape index (κ3) is 3.16. The van der Waals surface area contributed by atoms with Crippen molar-refractivity contribution < 1.29 is 19.7 Å². The van der Waals surface area contributed by atoms with Crippen molar-refractivity contribution >= 4 is 5.97 Å². The van der Waals surface area contributed by atoms with Gasteiger partial charge in [-0.3, -0.25) is 4.79 Å². The Morgan fingerprint density at radius 1 is 1.38 bits per heavy atom. The first-order valence-corrected chi connectivity index (χ1v) is 7.93. The number of carbonyl (C=O) groups is 1. The summed E-state index contributed by atoms with van der Waals surface area (Å²) in [5.41, 5.74) is 1.83. The number of hydrogen-bond acceptors (Lipinski definition) is 4. The lowest BCUT2D eigenvalue weighted by molar-refractivity contribution is -0.140. The normalized spacial score (nSPS) is 35.3. The van der Waals surface area contributed by atoms with Gasteiger partial charge in [-0.25, -0.2) is 0 Å². The van der Waals surface area contributed by atoms with E-state index < -0.39 is 6.10 Å². The molecule has 2 N–H and O–H groups in total. The molecule has 0 aromatic rings. The van der Waals surface area contributed by atoms with Gasteiger partial charge in [0.15, 0.2) is 0 Å². The predicted octanol–water partition coefficient (Wildman–Crippen LogP) is 2.29. The number of ether oxygens (including phenoxy) is 1. The summed E-state index contributed by atoms with van der Waals surface area (Å²) < 4.78 is 5.21. The van der Waals surface area contributed by atoms with Crippen molar-refractivity contribution in [2.75, 3.05) is 13.2 Å². The molecule has 0 aliphatic heterocycles. The molecule has 0 aromatic heterocycles. The van der Waals surface area contributed by atoms with Crippen molar-refractivity contribution in [3.63, 3.8) is 0 Å². The summed E-state index contributed by atoms with van der Waals surface area (Å²) in [4.78, 5) is 11.2. The van der Waals surface area contributed by atoms with E-state index in [0.717, 1.165) is 30.4 Å². The molecule has 4 nitrogen and oxygen atoms in total. The number of esters is 1. The monoisotopic (exact) mass is 296 g/mol. The summed E-state index contributed by atoms with van der Waals surface area (Å²) in [5, 5.41) is 20.5. The minimum absolute atomic E-state index is 0.00431. The molecular weight excluding hydrogens is 268 g/mol. The van der Waals surface area contributed by atoms with E-state index >= 15 is 0 Å². The van der Waals surface area contributed by atoms with Gasteiger partial charge in [0.25, 0.3) is 0 Å². The molecule has 4 atom stereocenters. The van der Waals surface area contributed by atoms with Crippen LogP contribution in [0, 0.1) is 23.2 Å². The standard InChI is InChI=1S/C17H28O4/c1-10-5-6-12(8-18)14(9-21-11(2)19)15-13(10)7-17(3,4)16(15)20/h10,12-13,16,18,20H,5-9H2,1-4H3/t10-,12+,13-,16+/m0/s1. The van der Waals surface area contributed by atoms with Gasteiger partial charge in [-0.1, -0.05) is 20.8 Å². The molecule has 1 fully saturated rings. The minimum atomic E-state index is -0.511. The fourth-order valence-corrected chi connectivity index (χ4v) is 3.99. The second-order valence-corrected chi connectivity index (χ2v) is 7.40. The van der Waals surface area contributed by atoms with Crippen LogP contribution in [-0.4, -0.2) is 35.5 Å². The van der Waals surface area contributed by atoms with Crippen LogP contribution in [0.3, 0.4) is 0 Å². The van der Waals surface area contributed by atoms with Crippen LogP contribution in [0.4, 0.5) is 0 Å². The Kier molecular flexibility index (Phi) is 4.79. The van der Waals surface area contributed by atoms with Crippen molar-refractivity contribution in [3.05, 3.63) is 11.1 Å². The van der Waals surface area contributed by atoms with Gasteiger partial charge >= 0.3 is 5.97 Å². The number of hydrogen-bond donors (Lipinski definition) is 2. The lowest BCUT2D eigenvalue weighted by atomic mass is 9.84. The quantitative estimate of drug-likeness (QED) is 0.619. The van der Waals surface area contributed by atoms with Crippen molar-refractivity contribution in [1.29, 1.82) is 0 Å². The van der Waals surface area contributed by atoms with Crippen LogP contribution >= 0.6 is 0 Å². The zero-order chi connectivity index (χ0) is 15.8. The third-order valence-corrected chi connectivity index (χ3v) is 5.35. The zero-order valence-electron chi connectivity index (χ0n) is 13.6. The van der Waals surface area contributed by atoms with Gasteiger partial charge in [-0.05, 0) is 47.7 Å². The molecule has 21 heavy (non-hydrogen) atoms. The molecule has 0 unspecified atom stereocenters. The summed E-state index contributed by atoms with van der Waals surface area (Å²) in [6.45, 7) is 8.04. The molecule has 0 spiro atoms. The smallest absolute Gasteiger partial charge is 0.302 e. The average Bonchev–Trinajstić information content (AvgIpc) is 2.56. The topological polar surface area (TPSA) is 66.8 Å². The Hall–Kier alpha value is -0.870. The predicted molar refractivity (Wildman–Crippen MR) is 80.5 cm³/mol. The van der Waals surface area contributed by atoms with Gasteiger partial charge in [0.05, 0.1) is 6.10 Å². The number of carbonyl (C=O) groups excluding carboxylic acids is 1. The first-order valence-electron chi connectivity index (χ1n) is 7.93. The van der Waals surface area contributed by atoms with Crippen LogP contribution in [0.25, 0.3) is 0 Å². The summed E-state index contributed by atoms with van der Waals surface area (Å²) in [5.74, 6) is 0.494. The van der Waals surface area contributed by atoms with E-state index in [4.69, 9.17) is 4.74 Å². The summed E-state index contributed by atoms with van der Waals surface area (Å²) >= 11 is 0. The Bertz CT molecular complexity index is 438. The van der Waals surface area contributed by atoms with Crippen molar-refractivity contribution in [2.45, 2.75) is 53.1 Å². The molecule has 0 amide bonds. The first-order chi connectivity index (χ1) is 9.77. The van der Waals surface area contributed by atoms with E-state index in [0.29, 0.717) is 11.8 Å². The molecule has 0 aromatic carbocycles. The Morgan fingerprint density at radius 3 is 2.62 bits per heavy atom. The molecule has 120 valence electrons. The van der Waals surface area contributed by atoms with E-state index in [1.807, 2.05) is 0 Å². The fourth-order valence-electron chi connectivity index (χ4n) is 3.99. The summed E-state index contributed by atoms with van der Waals surface area (Å²) in [7, 11) is 0. The van der Waals surface area contributed by atoms with Gasteiger partial charge in [0.1, 0.15) is 6.61 Å². The van der Waals surface area contributed by atoms with Crippen LogP contribution in [0.1, 0.15) is 47.0 Å². The van der Waals surface area contributed by atoms with Crippen molar-refractivity contribution in [3.8, 4) is 0 Å². The zero-order valence-corrected chi connectivity index (χ0v) is 13.6. The number of rotatable bonds is 3. The second kappa shape index (κ2) is 6.09. The second-order valence-electron chi connectivity index (χ2n) is 7.40. The summed E-state index contributed by atoms with van der Waals surface area (Å²) in [6, 6.07) is 0. The van der Waals surface area contributed by atoms with Crippen molar-refractivity contribution in [1.82, 2.24) is 0 Å². The highest BCUT2D eigenvalue weighted by Gasteiger charge is 2.48. The Balaban J connectivity index is 2.44. The molecule has 0 radical (unpaired) electrons. The molecule has 2 aliphatic rings. The van der Waals surface area contributed by atoms with Crippen LogP contribution in [0.15, 0.2) is 11.1 Å². The highest BCUT2D eigenvalue weighted by molar-refractivity contribution is 5.66. The van der Waals surface area contributed by atoms with E-state index in [1.165, 1.54) is 6.92 Å². The maximum Gasteiger partial charge on any atom is 0.302 e. The maximum absolute atomic E-state index is 11.2. The van der Waals surface area contributed by atoms with Gasteiger partial charge in [0, 0.05) is 19.4 Å². The van der Waals surface area contributed by atoms with Crippen LogP contribution < -0.4 is 0 Å². The van der Waals surface area contributed by atoms with Crippen molar-refractivity contribution in [2.24, 2.45) is 23.2 Å². The van der Waals surface area contributed by atoms with E-state index in [2.05, 4.69) is 20.8 Å². The summed E-state index contributed by atoms with van der Waals surface area (Å²) in [6.07, 6.45) is 2.36. The van der Waals surface area contributed by atoms with E-state index in [1.54, 1.807) is 0 Å². The number of aliphatic hydroxyl groups is 2. The highest BCUT2D eigenvalue weighted by Crippen LogP contribution is 2.52. The lowest BCUT2D eigenvalue weighted by Gasteiger charge is -2.26. The molecule has 1 saturated carbocycles. The molecule has 0 heterocycles. The molecular formula is C17H28O4. The SMILES string of the molecule is CC(=O)OCC1=C2[C@@H](CC(C)(C)[C@@H]2O)[C@@H](C)CC[C@@H]1CO. The van der Waals surface area contributed by atoms with E-state index in [-0.39, 0.29) is 30.5 Å². The average molecular weight is 296 g/mol. The fraction of sp³-hybridized carbons (Fsp3) is 0.824. The Labute approximate surface area is 127 Å². The van der Waals surface area contributed by atoms with Gasteiger partial charge in [-0.2, -0.15) is 0 Å². The minimum Gasteiger partial charge on any atom is -0.461 e. The molecule has 2 rings (SSSR count). The van der Waals surface area contributed by atoms with Gasteiger partial charge < -0.3 is 14.9 Å². The molecule has 0 saturated heterocycles. The number of fused-ring (bicyclic) bond motifs is 1. The lowest BCUT2D eigenvalue weighted by Crippen LogP contribution is -2.27. The Morgan fingerprint density at radius 2 is 2.05 bits per heavy atom. The van der Waals surface area contributed by atoms with Gasteiger partial charge in [0.2, 0.25) is 0 Å². The maximum atomic E-state index is 11.2. The number of aliphatic hydroxyl groups excluding tert-OH is 2. The highest BCUT2D eigenvalue weighted by atomic mass is 16.5. The first kappa shape index (κ1) is 16.5. The van der Waals surface area contributed by atoms with E-state index in [9.17, 15) is 15.0 Å². The van der Waals surface area contributed by atoms with Crippen LogP contribution in [0.2, 0.25) is 0 Å². The van der Waals surface area contributed by atoms with Crippen LogP contribution in [0.5, 0.6) is 0 Å². The molecule has 2 aliphatic carbocycles. The molecule has 0 bridgehead atoms. The third-order valence-electron chi connectivity index (χ3n) is 5.35.